The molecular weight excluding hydrogens is 263 g/mol. The molecule has 2 N–H and O–H groups in total. The number of carbonyl (C=O) groups is 2. The number of amides is 1. The number of carboxylic acid groups (broad SMARTS) is 1. The molecule has 0 aromatic heterocycles. The van der Waals surface area contributed by atoms with Gasteiger partial charge in [-0.25, -0.2) is 0 Å². The molecule has 0 aromatic rings. The van der Waals surface area contributed by atoms with Gasteiger partial charge in [-0.1, -0.05) is 13.8 Å². The second-order valence-electron chi connectivity index (χ2n) is 5.01. The zero-order valence-corrected chi connectivity index (χ0v) is 11.1. The van der Waals surface area contributed by atoms with Crippen molar-refractivity contribution in [2.24, 2.45) is 11.8 Å². The van der Waals surface area contributed by atoms with Gasteiger partial charge in [0.25, 0.3) is 0 Å². The van der Waals surface area contributed by atoms with Crippen LogP contribution in [-0.2, 0) is 9.59 Å². The van der Waals surface area contributed by atoms with Crippen molar-refractivity contribution in [2.45, 2.75) is 45.7 Å². The van der Waals surface area contributed by atoms with Gasteiger partial charge in [-0.15, -0.1) is 0 Å². The molecule has 0 aliphatic rings. The first kappa shape index (κ1) is 17.7. The predicted molar refractivity (Wildman–Crippen MR) is 63.5 cm³/mol. The normalized spacial score (nSPS) is 13.4. The third-order valence-electron chi connectivity index (χ3n) is 2.49. The Morgan fingerprint density at radius 3 is 2.26 bits per heavy atom. The Morgan fingerprint density at radius 2 is 1.84 bits per heavy atom. The number of nitrogens with one attached hydrogen (secondary N) is 1. The average molecular weight is 283 g/mol. The maximum Gasteiger partial charge on any atom is 0.389 e. The molecule has 0 aliphatic carbocycles. The smallest absolute Gasteiger partial charge is 0.389 e. The van der Waals surface area contributed by atoms with Crippen LogP contribution >= 0.6 is 0 Å². The van der Waals surface area contributed by atoms with Crippen molar-refractivity contribution in [3.63, 3.8) is 0 Å². The minimum absolute atomic E-state index is 0.0984. The quantitative estimate of drug-likeness (QED) is 0.719. The summed E-state index contributed by atoms with van der Waals surface area (Å²) < 4.78 is 35.7. The van der Waals surface area contributed by atoms with Gasteiger partial charge in [0.15, 0.2) is 0 Å². The summed E-state index contributed by atoms with van der Waals surface area (Å²) in [5.74, 6) is -1.67. The van der Waals surface area contributed by atoms with E-state index in [9.17, 15) is 22.8 Å². The molecule has 0 fully saturated rings. The highest BCUT2D eigenvalue weighted by atomic mass is 19.4. The molecule has 1 amide bonds. The number of carboxylic acids is 1. The summed E-state index contributed by atoms with van der Waals surface area (Å²) in [6.45, 7) is 3.93. The van der Waals surface area contributed by atoms with Crippen LogP contribution in [-0.4, -0.2) is 29.7 Å². The van der Waals surface area contributed by atoms with Crippen molar-refractivity contribution in [1.29, 1.82) is 0 Å². The molecule has 112 valence electrons. The van der Waals surface area contributed by atoms with Crippen LogP contribution < -0.4 is 5.32 Å². The van der Waals surface area contributed by atoms with E-state index < -0.39 is 30.9 Å². The van der Waals surface area contributed by atoms with E-state index >= 15 is 0 Å². The van der Waals surface area contributed by atoms with Crippen LogP contribution in [0.3, 0.4) is 0 Å². The number of halogens is 3. The van der Waals surface area contributed by atoms with E-state index in [0.29, 0.717) is 6.42 Å². The number of aliphatic carboxylic acids is 1. The highest BCUT2D eigenvalue weighted by molar-refractivity contribution is 5.76. The molecule has 0 bridgehead atoms. The lowest BCUT2D eigenvalue weighted by Crippen LogP contribution is -2.31. The highest BCUT2D eigenvalue weighted by Gasteiger charge is 2.28. The summed E-state index contributed by atoms with van der Waals surface area (Å²) in [5, 5.41) is 11.1. The molecule has 7 heteroatoms. The summed E-state index contributed by atoms with van der Waals surface area (Å²) in [6.07, 6.45) is -5.63. The molecular formula is C12H20F3NO3. The fraction of sp³-hybridized carbons (Fsp3) is 0.833. The summed E-state index contributed by atoms with van der Waals surface area (Å²) in [4.78, 5) is 21.8. The maximum atomic E-state index is 11.9. The zero-order chi connectivity index (χ0) is 15.1. The minimum Gasteiger partial charge on any atom is -0.481 e. The van der Waals surface area contributed by atoms with E-state index in [1.807, 2.05) is 13.8 Å². The van der Waals surface area contributed by atoms with Crippen molar-refractivity contribution >= 4 is 11.9 Å². The van der Waals surface area contributed by atoms with E-state index in [1.54, 1.807) is 0 Å². The SMILES string of the molecule is CC(C)C[C@H](CNC(=O)CCC(F)(F)F)CC(=O)O. The third-order valence-corrected chi connectivity index (χ3v) is 2.49. The summed E-state index contributed by atoms with van der Waals surface area (Å²) >= 11 is 0. The first-order valence-corrected chi connectivity index (χ1v) is 6.15. The highest BCUT2D eigenvalue weighted by Crippen LogP contribution is 2.21. The van der Waals surface area contributed by atoms with Crippen LogP contribution in [0.2, 0.25) is 0 Å². The summed E-state index contributed by atoms with van der Waals surface area (Å²) in [6, 6.07) is 0. The van der Waals surface area contributed by atoms with E-state index in [-0.39, 0.29) is 24.8 Å². The molecule has 0 aliphatic heterocycles. The molecule has 0 radical (unpaired) electrons. The molecule has 0 spiro atoms. The second kappa shape index (κ2) is 8.01. The number of carbonyl (C=O) groups excluding carboxylic acids is 1. The monoisotopic (exact) mass is 283 g/mol. The van der Waals surface area contributed by atoms with Crippen LogP contribution in [0.25, 0.3) is 0 Å². The molecule has 0 rings (SSSR count). The lowest BCUT2D eigenvalue weighted by molar-refractivity contribution is -0.144. The Bertz CT molecular complexity index is 303. The Hall–Kier alpha value is -1.27. The number of rotatable bonds is 8. The zero-order valence-electron chi connectivity index (χ0n) is 11.1. The van der Waals surface area contributed by atoms with Crippen molar-refractivity contribution in [1.82, 2.24) is 5.32 Å². The Morgan fingerprint density at radius 1 is 1.26 bits per heavy atom. The van der Waals surface area contributed by atoms with Gasteiger partial charge in [0.2, 0.25) is 5.91 Å². The van der Waals surface area contributed by atoms with Crippen LogP contribution in [0.1, 0.15) is 39.5 Å². The lowest BCUT2D eigenvalue weighted by atomic mass is 9.94. The van der Waals surface area contributed by atoms with Crippen molar-refractivity contribution in [2.75, 3.05) is 6.54 Å². The molecule has 1 atom stereocenters. The third kappa shape index (κ3) is 11.5. The van der Waals surface area contributed by atoms with Crippen LogP contribution in [0.15, 0.2) is 0 Å². The lowest BCUT2D eigenvalue weighted by Gasteiger charge is -2.17. The summed E-state index contributed by atoms with van der Waals surface area (Å²) in [5.41, 5.74) is 0. The minimum atomic E-state index is -4.35. The van der Waals surface area contributed by atoms with Gasteiger partial charge < -0.3 is 10.4 Å². The van der Waals surface area contributed by atoms with Gasteiger partial charge in [-0.3, -0.25) is 9.59 Å². The van der Waals surface area contributed by atoms with Gasteiger partial charge in [0.05, 0.1) is 6.42 Å². The van der Waals surface area contributed by atoms with E-state index in [0.717, 1.165) is 0 Å². The molecule has 0 saturated carbocycles. The fourth-order valence-corrected chi connectivity index (χ4v) is 1.75. The summed E-state index contributed by atoms with van der Waals surface area (Å²) in [7, 11) is 0. The van der Waals surface area contributed by atoms with Gasteiger partial charge in [-0.05, 0) is 18.3 Å². The van der Waals surface area contributed by atoms with Gasteiger partial charge in [0, 0.05) is 19.4 Å². The van der Waals surface area contributed by atoms with Gasteiger partial charge in [0.1, 0.15) is 0 Å². The van der Waals surface area contributed by atoms with Crippen molar-refractivity contribution in [3.05, 3.63) is 0 Å². The number of hydrogen-bond donors (Lipinski definition) is 2. The first-order chi connectivity index (χ1) is 8.60. The largest absolute Gasteiger partial charge is 0.481 e. The Labute approximate surface area is 110 Å². The van der Waals surface area contributed by atoms with Crippen molar-refractivity contribution < 1.29 is 27.9 Å². The molecule has 0 heterocycles. The standard InChI is InChI=1S/C12H20F3NO3/c1-8(2)5-9(6-11(18)19)7-16-10(17)3-4-12(13,14)15/h8-9H,3-7H2,1-2H3,(H,16,17)(H,18,19)/t9-/m0/s1. The van der Waals surface area contributed by atoms with Crippen LogP contribution in [0.4, 0.5) is 13.2 Å². The fourth-order valence-electron chi connectivity index (χ4n) is 1.75. The number of alkyl halides is 3. The topological polar surface area (TPSA) is 66.4 Å². The van der Waals surface area contributed by atoms with E-state index in [2.05, 4.69) is 5.32 Å². The van der Waals surface area contributed by atoms with Crippen LogP contribution in [0.5, 0.6) is 0 Å². The number of hydrogen-bond acceptors (Lipinski definition) is 2. The second-order valence-corrected chi connectivity index (χ2v) is 5.01. The van der Waals surface area contributed by atoms with Gasteiger partial charge in [-0.2, -0.15) is 13.2 Å². The molecule has 0 aromatic carbocycles. The van der Waals surface area contributed by atoms with E-state index in [4.69, 9.17) is 5.11 Å². The Balaban J connectivity index is 4.08. The maximum absolute atomic E-state index is 11.9. The Kier molecular flexibility index (Phi) is 7.48. The first-order valence-electron chi connectivity index (χ1n) is 6.15. The van der Waals surface area contributed by atoms with Gasteiger partial charge >= 0.3 is 12.1 Å². The molecule has 0 saturated heterocycles. The van der Waals surface area contributed by atoms with Crippen molar-refractivity contribution in [3.8, 4) is 0 Å². The van der Waals surface area contributed by atoms with E-state index in [1.165, 1.54) is 0 Å². The molecule has 19 heavy (non-hydrogen) atoms. The predicted octanol–water partition coefficient (Wildman–Crippen LogP) is 2.58. The van der Waals surface area contributed by atoms with Crippen LogP contribution in [0, 0.1) is 11.8 Å². The molecule has 4 nitrogen and oxygen atoms in total. The average Bonchev–Trinajstić information content (AvgIpc) is 2.20. The molecule has 0 unspecified atom stereocenters.